The molecule has 0 unspecified atom stereocenters. The summed E-state index contributed by atoms with van der Waals surface area (Å²) < 4.78 is 7.08. The van der Waals surface area contributed by atoms with E-state index in [9.17, 15) is 29.7 Å². The fourth-order valence-corrected chi connectivity index (χ4v) is 3.77. The Morgan fingerprint density at radius 1 is 1.10 bits per heavy atom. The second-order valence-corrected chi connectivity index (χ2v) is 8.75. The summed E-state index contributed by atoms with van der Waals surface area (Å²) in [6, 6.07) is 7.98. The third-order valence-electron chi connectivity index (χ3n) is 5.70. The Bertz CT molecular complexity index is 1410. The number of aliphatic hydroxyl groups is 3. The predicted molar refractivity (Wildman–Crippen MR) is 137 cm³/mol. The average molecular weight is 541 g/mol. The SMILES string of the molecule is CCNC(=O)c1cc(-c2cccc(Nc3cc(NC(=O)C4CC4)nnc3C(=O)NC(O)(O)O)c2OC)nn1C. The maximum Gasteiger partial charge on any atom is 0.369 e. The van der Waals surface area contributed by atoms with Crippen LogP contribution in [0.1, 0.15) is 40.7 Å². The first-order valence-electron chi connectivity index (χ1n) is 12.0. The van der Waals surface area contributed by atoms with E-state index in [4.69, 9.17) is 4.74 Å². The van der Waals surface area contributed by atoms with Crippen LogP contribution in [0, 0.1) is 5.92 Å². The van der Waals surface area contributed by atoms with Gasteiger partial charge in [0, 0.05) is 31.1 Å². The lowest BCUT2D eigenvalue weighted by molar-refractivity contribution is -0.323. The highest BCUT2D eigenvalue weighted by Crippen LogP contribution is 2.38. The Labute approximate surface area is 222 Å². The summed E-state index contributed by atoms with van der Waals surface area (Å²) in [5.41, 5.74) is 1.20. The summed E-state index contributed by atoms with van der Waals surface area (Å²) in [7, 11) is 3.06. The molecule has 1 fully saturated rings. The average Bonchev–Trinajstić information content (AvgIpc) is 3.65. The number of hydrogen-bond donors (Lipinski definition) is 7. The van der Waals surface area contributed by atoms with Crippen molar-refractivity contribution < 1.29 is 34.4 Å². The smallest absolute Gasteiger partial charge is 0.369 e. The molecule has 3 aromatic rings. The molecule has 1 saturated carbocycles. The van der Waals surface area contributed by atoms with Gasteiger partial charge in [0.05, 0.1) is 24.2 Å². The minimum atomic E-state index is -3.51. The van der Waals surface area contributed by atoms with E-state index < -0.39 is 17.7 Å². The Hall–Kier alpha value is -4.60. The van der Waals surface area contributed by atoms with Gasteiger partial charge in [-0.15, -0.1) is 10.2 Å². The van der Waals surface area contributed by atoms with Gasteiger partial charge in [-0.1, -0.05) is 6.07 Å². The fourth-order valence-electron chi connectivity index (χ4n) is 3.77. The van der Waals surface area contributed by atoms with Crippen LogP contribution in [0.3, 0.4) is 0 Å². The number of aryl methyl sites for hydroxylation is 1. The van der Waals surface area contributed by atoms with E-state index in [1.54, 1.807) is 43.6 Å². The molecule has 0 atom stereocenters. The number of nitrogens with zero attached hydrogens (tertiary/aromatic N) is 4. The van der Waals surface area contributed by atoms with Gasteiger partial charge in [-0.25, -0.2) is 0 Å². The fraction of sp³-hybridized carbons (Fsp3) is 0.333. The first kappa shape index (κ1) is 27.4. The number of para-hydroxylation sites is 1. The van der Waals surface area contributed by atoms with Crippen molar-refractivity contribution in [3.63, 3.8) is 0 Å². The molecule has 0 aliphatic heterocycles. The van der Waals surface area contributed by atoms with E-state index in [0.29, 0.717) is 34.9 Å². The maximum absolute atomic E-state index is 12.6. The van der Waals surface area contributed by atoms with Gasteiger partial charge in [-0.3, -0.25) is 24.4 Å². The highest BCUT2D eigenvalue weighted by Gasteiger charge is 2.31. The number of methoxy groups -OCH3 is 1. The summed E-state index contributed by atoms with van der Waals surface area (Å²) in [4.78, 5) is 37.2. The summed E-state index contributed by atoms with van der Waals surface area (Å²) in [6.07, 6.45) is -1.99. The number of rotatable bonds is 10. The molecular weight excluding hydrogens is 512 g/mol. The van der Waals surface area contributed by atoms with Crippen molar-refractivity contribution in [2.45, 2.75) is 25.9 Å². The molecule has 1 aromatic carbocycles. The van der Waals surface area contributed by atoms with Crippen molar-refractivity contribution in [1.82, 2.24) is 30.6 Å². The van der Waals surface area contributed by atoms with E-state index in [-0.39, 0.29) is 29.2 Å². The van der Waals surface area contributed by atoms with Crippen molar-refractivity contribution in [2.24, 2.45) is 13.0 Å². The Balaban J connectivity index is 1.72. The van der Waals surface area contributed by atoms with E-state index in [1.165, 1.54) is 17.9 Å². The zero-order chi connectivity index (χ0) is 28.3. The normalized spacial score (nSPS) is 13.0. The van der Waals surface area contributed by atoms with Crippen LogP contribution in [0.5, 0.6) is 5.75 Å². The zero-order valence-electron chi connectivity index (χ0n) is 21.3. The molecule has 0 saturated heterocycles. The molecule has 0 radical (unpaired) electrons. The lowest BCUT2D eigenvalue weighted by Gasteiger charge is -2.18. The van der Waals surface area contributed by atoms with Crippen LogP contribution in [-0.4, -0.2) is 72.8 Å². The Morgan fingerprint density at radius 3 is 2.49 bits per heavy atom. The topological polar surface area (TPSA) is 213 Å². The largest absolute Gasteiger partial charge is 0.494 e. The predicted octanol–water partition coefficient (Wildman–Crippen LogP) is 0.0455. The second kappa shape index (κ2) is 11.0. The molecule has 1 aliphatic carbocycles. The zero-order valence-corrected chi connectivity index (χ0v) is 21.3. The number of benzene rings is 1. The van der Waals surface area contributed by atoms with Gasteiger partial charge in [-0.05, 0) is 38.0 Å². The van der Waals surface area contributed by atoms with Crippen molar-refractivity contribution >= 4 is 34.9 Å². The van der Waals surface area contributed by atoms with Gasteiger partial charge in [0.15, 0.2) is 17.3 Å². The molecule has 2 aromatic heterocycles. The van der Waals surface area contributed by atoms with Crippen LogP contribution < -0.4 is 26.0 Å². The molecule has 15 nitrogen and oxygen atoms in total. The number of ether oxygens (including phenoxy) is 1. The van der Waals surface area contributed by atoms with Gasteiger partial charge < -0.3 is 36.0 Å². The molecule has 0 bridgehead atoms. The van der Waals surface area contributed by atoms with Crippen LogP contribution in [0.25, 0.3) is 11.3 Å². The number of anilines is 3. The van der Waals surface area contributed by atoms with Crippen molar-refractivity contribution in [3.05, 3.63) is 41.7 Å². The highest BCUT2D eigenvalue weighted by molar-refractivity contribution is 6.00. The first-order chi connectivity index (χ1) is 18.5. The van der Waals surface area contributed by atoms with Gasteiger partial charge in [0.25, 0.3) is 11.8 Å². The monoisotopic (exact) mass is 540 g/mol. The molecule has 206 valence electrons. The molecule has 0 spiro atoms. The van der Waals surface area contributed by atoms with Gasteiger partial charge >= 0.3 is 6.10 Å². The molecule has 15 heteroatoms. The Kier molecular flexibility index (Phi) is 7.75. The number of carbonyl (C=O) groups is 3. The third-order valence-corrected chi connectivity index (χ3v) is 5.70. The van der Waals surface area contributed by atoms with Crippen molar-refractivity contribution in [1.29, 1.82) is 0 Å². The second-order valence-electron chi connectivity index (χ2n) is 8.75. The van der Waals surface area contributed by atoms with Gasteiger partial charge in [0.2, 0.25) is 5.91 Å². The van der Waals surface area contributed by atoms with E-state index >= 15 is 0 Å². The van der Waals surface area contributed by atoms with Crippen LogP contribution in [0.2, 0.25) is 0 Å². The van der Waals surface area contributed by atoms with E-state index in [0.717, 1.165) is 12.8 Å². The molecule has 2 heterocycles. The van der Waals surface area contributed by atoms with E-state index in [2.05, 4.69) is 31.2 Å². The van der Waals surface area contributed by atoms with Gasteiger partial charge in [0.1, 0.15) is 5.69 Å². The third kappa shape index (κ3) is 6.46. The first-order valence-corrected chi connectivity index (χ1v) is 12.0. The molecule has 4 rings (SSSR count). The molecule has 7 N–H and O–H groups in total. The number of carbonyl (C=O) groups excluding carboxylic acids is 3. The Morgan fingerprint density at radius 2 is 1.85 bits per heavy atom. The van der Waals surface area contributed by atoms with Crippen molar-refractivity contribution in [3.8, 4) is 17.0 Å². The summed E-state index contributed by atoms with van der Waals surface area (Å²) in [5, 5.41) is 49.6. The lowest BCUT2D eigenvalue weighted by atomic mass is 10.1. The van der Waals surface area contributed by atoms with Crippen LogP contribution in [0.15, 0.2) is 30.3 Å². The van der Waals surface area contributed by atoms with Gasteiger partial charge in [-0.2, -0.15) is 5.10 Å². The summed E-state index contributed by atoms with van der Waals surface area (Å²) in [6.45, 7) is 2.26. The minimum absolute atomic E-state index is 0.00247. The highest BCUT2D eigenvalue weighted by atomic mass is 16.7. The molecular formula is C24H28N8O7. The minimum Gasteiger partial charge on any atom is -0.494 e. The van der Waals surface area contributed by atoms with E-state index in [1.807, 2.05) is 0 Å². The molecule has 1 aliphatic rings. The lowest BCUT2D eigenvalue weighted by Crippen LogP contribution is -2.48. The number of hydrogen-bond acceptors (Lipinski definition) is 11. The number of amides is 3. The summed E-state index contributed by atoms with van der Waals surface area (Å²) >= 11 is 0. The van der Waals surface area contributed by atoms with Crippen LogP contribution in [-0.2, 0) is 11.8 Å². The van der Waals surface area contributed by atoms with Crippen LogP contribution in [0.4, 0.5) is 17.2 Å². The quantitative estimate of drug-likeness (QED) is 0.171. The maximum atomic E-state index is 12.6. The summed E-state index contributed by atoms with van der Waals surface area (Å²) in [5.74, 6) is -1.50. The number of nitrogens with one attached hydrogen (secondary N) is 4. The standard InChI is InChI=1S/C24H28N8O7/c1-4-25-22(34)17-10-15(31-32(17)2)13-6-5-7-14(20(13)39-3)26-16-11-18(27-21(33)12-8-9-12)29-30-19(16)23(35)28-24(36,37)38/h5-7,10-12,36-38H,4,8-9H2,1-3H3,(H,25,34)(H,28,35)(H2,26,27,29,33). The van der Waals surface area contributed by atoms with Crippen molar-refractivity contribution in [2.75, 3.05) is 24.3 Å². The number of aromatic nitrogens is 4. The molecule has 3 amide bonds. The van der Waals surface area contributed by atoms with Crippen LogP contribution >= 0.6 is 0 Å². The molecule has 39 heavy (non-hydrogen) atoms.